The van der Waals surface area contributed by atoms with Crippen molar-refractivity contribution in [3.8, 4) is 17.2 Å². The Bertz CT molecular complexity index is 1140. The molecule has 8 heteroatoms. The van der Waals surface area contributed by atoms with Crippen LogP contribution in [0.3, 0.4) is 0 Å². The number of aryl methyl sites for hydroxylation is 1. The number of carbonyl (C=O) groups excluding carboxylic acids is 2. The number of aromatic nitrogens is 2. The minimum Gasteiger partial charge on any atom is -0.486 e. The van der Waals surface area contributed by atoms with Gasteiger partial charge in [-0.05, 0) is 50.6 Å². The van der Waals surface area contributed by atoms with Crippen LogP contribution >= 0.6 is 0 Å². The van der Waals surface area contributed by atoms with Crippen molar-refractivity contribution in [2.45, 2.75) is 26.8 Å². The molecule has 0 radical (unpaired) electrons. The van der Waals surface area contributed by atoms with Crippen LogP contribution in [0.2, 0.25) is 0 Å². The van der Waals surface area contributed by atoms with Crippen LogP contribution in [0.1, 0.15) is 40.3 Å². The Morgan fingerprint density at radius 3 is 2.56 bits per heavy atom. The van der Waals surface area contributed by atoms with Gasteiger partial charge < -0.3 is 19.5 Å². The van der Waals surface area contributed by atoms with Crippen LogP contribution in [0.15, 0.2) is 48.5 Å². The van der Waals surface area contributed by atoms with Gasteiger partial charge in [0.1, 0.15) is 18.8 Å². The van der Waals surface area contributed by atoms with Crippen LogP contribution in [0.25, 0.3) is 5.69 Å². The summed E-state index contributed by atoms with van der Waals surface area (Å²) in [5.41, 5.74) is 3.27. The molecule has 8 nitrogen and oxygen atoms in total. The summed E-state index contributed by atoms with van der Waals surface area (Å²) < 4.78 is 18.1. The first-order chi connectivity index (χ1) is 15.4. The normalized spacial score (nSPS) is 13.3. The van der Waals surface area contributed by atoms with Crippen molar-refractivity contribution in [3.63, 3.8) is 0 Å². The molecule has 1 aliphatic heterocycles. The van der Waals surface area contributed by atoms with Crippen molar-refractivity contribution < 1.29 is 23.8 Å². The van der Waals surface area contributed by atoms with Crippen molar-refractivity contribution in [2.24, 2.45) is 0 Å². The standard InChI is InChI=1S/C24H25N3O5/c1-15(18-9-10-20-21(13-18)31-12-11-30-20)25-22(28)14-32-24(29)23-16(2)26-27(17(23)3)19-7-5-4-6-8-19/h4-10,13,15H,11-12,14H2,1-3H3,(H,25,28). The third-order valence-electron chi connectivity index (χ3n) is 5.27. The fourth-order valence-corrected chi connectivity index (χ4v) is 3.66. The lowest BCUT2D eigenvalue weighted by molar-refractivity contribution is -0.124. The van der Waals surface area contributed by atoms with Gasteiger partial charge in [0.15, 0.2) is 18.1 Å². The summed E-state index contributed by atoms with van der Waals surface area (Å²) >= 11 is 0. The molecule has 0 fully saturated rings. The van der Waals surface area contributed by atoms with E-state index in [4.69, 9.17) is 14.2 Å². The van der Waals surface area contributed by atoms with Gasteiger partial charge in [-0.3, -0.25) is 4.79 Å². The predicted octanol–water partition coefficient (Wildman–Crippen LogP) is 3.29. The molecule has 0 saturated carbocycles. The van der Waals surface area contributed by atoms with Crippen molar-refractivity contribution in [1.82, 2.24) is 15.1 Å². The van der Waals surface area contributed by atoms with Crippen LogP contribution < -0.4 is 14.8 Å². The quantitative estimate of drug-likeness (QED) is 0.598. The van der Waals surface area contributed by atoms with Gasteiger partial charge in [-0.25, -0.2) is 9.48 Å². The highest BCUT2D eigenvalue weighted by Crippen LogP contribution is 2.32. The number of esters is 1. The fourth-order valence-electron chi connectivity index (χ4n) is 3.66. The fraction of sp³-hybridized carbons (Fsp3) is 0.292. The second-order valence-corrected chi connectivity index (χ2v) is 7.56. The summed E-state index contributed by atoms with van der Waals surface area (Å²) in [6.45, 7) is 6.02. The minimum atomic E-state index is -0.579. The molecule has 1 amide bonds. The molecule has 3 aromatic rings. The summed E-state index contributed by atoms with van der Waals surface area (Å²) in [4.78, 5) is 25.0. The van der Waals surface area contributed by atoms with Crippen LogP contribution in [0.4, 0.5) is 0 Å². The van der Waals surface area contributed by atoms with E-state index >= 15 is 0 Å². The summed E-state index contributed by atoms with van der Waals surface area (Å²) in [6.07, 6.45) is 0. The van der Waals surface area contributed by atoms with Gasteiger partial charge in [0.05, 0.1) is 23.1 Å². The number of rotatable bonds is 6. The van der Waals surface area contributed by atoms with Crippen molar-refractivity contribution in [3.05, 3.63) is 71.0 Å². The Morgan fingerprint density at radius 1 is 1.09 bits per heavy atom. The van der Waals surface area contributed by atoms with Gasteiger partial charge in [-0.1, -0.05) is 24.3 Å². The lowest BCUT2D eigenvalue weighted by atomic mass is 10.1. The van der Waals surface area contributed by atoms with Gasteiger partial charge in [-0.15, -0.1) is 0 Å². The average Bonchev–Trinajstić information content (AvgIpc) is 3.11. The molecular weight excluding hydrogens is 410 g/mol. The molecule has 2 aromatic carbocycles. The topological polar surface area (TPSA) is 91.7 Å². The number of ether oxygens (including phenoxy) is 3. The van der Waals surface area contributed by atoms with Crippen LogP contribution in [-0.2, 0) is 9.53 Å². The lowest BCUT2D eigenvalue weighted by Crippen LogP contribution is -2.31. The van der Waals surface area contributed by atoms with Crippen LogP contribution in [0, 0.1) is 13.8 Å². The van der Waals surface area contributed by atoms with E-state index in [1.807, 2.05) is 55.5 Å². The van der Waals surface area contributed by atoms with Crippen LogP contribution in [-0.4, -0.2) is 41.5 Å². The number of hydrogen-bond acceptors (Lipinski definition) is 6. The molecule has 1 aromatic heterocycles. The molecule has 4 rings (SSSR count). The van der Waals surface area contributed by atoms with Gasteiger partial charge in [0, 0.05) is 0 Å². The van der Waals surface area contributed by atoms with E-state index in [1.54, 1.807) is 18.5 Å². The highest BCUT2D eigenvalue weighted by Gasteiger charge is 2.22. The number of nitrogens with one attached hydrogen (secondary N) is 1. The highest BCUT2D eigenvalue weighted by molar-refractivity contribution is 5.93. The van der Waals surface area contributed by atoms with E-state index in [2.05, 4.69) is 10.4 Å². The molecule has 166 valence electrons. The third kappa shape index (κ3) is 4.44. The molecule has 0 spiro atoms. The average molecular weight is 435 g/mol. The number of hydrogen-bond donors (Lipinski definition) is 1. The van der Waals surface area contributed by atoms with E-state index < -0.39 is 11.9 Å². The Labute approximate surface area is 186 Å². The van der Waals surface area contributed by atoms with E-state index in [9.17, 15) is 9.59 Å². The summed E-state index contributed by atoms with van der Waals surface area (Å²) in [5.74, 6) is 0.368. The minimum absolute atomic E-state index is 0.290. The molecule has 1 unspecified atom stereocenters. The number of carbonyl (C=O) groups is 2. The lowest BCUT2D eigenvalue weighted by Gasteiger charge is -2.21. The molecular formula is C24H25N3O5. The summed E-state index contributed by atoms with van der Waals surface area (Å²) in [6, 6.07) is 14.8. The van der Waals surface area contributed by atoms with Crippen molar-refractivity contribution in [2.75, 3.05) is 19.8 Å². The van der Waals surface area contributed by atoms with Gasteiger partial charge in [0.25, 0.3) is 5.91 Å². The molecule has 1 aliphatic rings. The molecule has 2 heterocycles. The van der Waals surface area contributed by atoms with Crippen molar-refractivity contribution in [1.29, 1.82) is 0 Å². The zero-order valence-electron chi connectivity index (χ0n) is 18.3. The number of para-hydroxylation sites is 1. The molecule has 0 saturated heterocycles. The van der Waals surface area contributed by atoms with Gasteiger partial charge in [0.2, 0.25) is 0 Å². The number of nitrogens with zero attached hydrogens (tertiary/aromatic N) is 2. The zero-order chi connectivity index (χ0) is 22.7. The molecule has 1 N–H and O–H groups in total. The Kier molecular flexibility index (Phi) is 6.11. The first-order valence-electron chi connectivity index (χ1n) is 10.4. The molecule has 0 bridgehead atoms. The number of fused-ring (bicyclic) bond motifs is 1. The molecule has 1 atom stereocenters. The number of benzene rings is 2. The highest BCUT2D eigenvalue weighted by atomic mass is 16.6. The SMILES string of the molecule is Cc1nn(-c2ccccc2)c(C)c1C(=O)OCC(=O)NC(C)c1ccc2c(c1)OCCO2. The van der Waals surface area contributed by atoms with Gasteiger partial charge in [-0.2, -0.15) is 5.10 Å². The summed E-state index contributed by atoms with van der Waals surface area (Å²) in [5, 5.41) is 7.28. The largest absolute Gasteiger partial charge is 0.486 e. The first-order valence-corrected chi connectivity index (χ1v) is 10.4. The second kappa shape index (κ2) is 9.13. The van der Waals surface area contributed by atoms with E-state index in [1.165, 1.54) is 0 Å². The Morgan fingerprint density at radius 2 is 1.81 bits per heavy atom. The van der Waals surface area contributed by atoms with E-state index in [-0.39, 0.29) is 12.6 Å². The Balaban J connectivity index is 1.37. The summed E-state index contributed by atoms with van der Waals surface area (Å²) in [7, 11) is 0. The second-order valence-electron chi connectivity index (χ2n) is 7.56. The van der Waals surface area contributed by atoms with E-state index in [0.717, 1.165) is 11.3 Å². The smallest absolute Gasteiger partial charge is 0.342 e. The maximum Gasteiger partial charge on any atom is 0.342 e. The van der Waals surface area contributed by atoms with Crippen LogP contribution in [0.5, 0.6) is 11.5 Å². The monoisotopic (exact) mass is 435 g/mol. The third-order valence-corrected chi connectivity index (χ3v) is 5.27. The van der Waals surface area contributed by atoms with E-state index in [0.29, 0.717) is 41.7 Å². The predicted molar refractivity (Wildman–Crippen MR) is 117 cm³/mol. The molecule has 0 aliphatic carbocycles. The van der Waals surface area contributed by atoms with Gasteiger partial charge >= 0.3 is 5.97 Å². The maximum absolute atomic E-state index is 12.7. The maximum atomic E-state index is 12.7. The number of amides is 1. The first kappa shape index (κ1) is 21.4. The zero-order valence-corrected chi connectivity index (χ0v) is 18.3. The molecule has 32 heavy (non-hydrogen) atoms. The van der Waals surface area contributed by atoms with Crippen molar-refractivity contribution >= 4 is 11.9 Å². The Hall–Kier alpha value is -3.81.